The summed E-state index contributed by atoms with van der Waals surface area (Å²) in [6.07, 6.45) is 1.45. The van der Waals surface area contributed by atoms with Crippen molar-refractivity contribution in [2.45, 2.75) is 12.8 Å². The molecule has 3 aromatic rings. The molecule has 4 rings (SSSR count). The third-order valence-electron chi connectivity index (χ3n) is 5.41. The monoisotopic (exact) mass is 505 g/mol. The molecule has 1 atom stereocenters. The number of carbonyl (C=O) groups is 1. The Balaban J connectivity index is 1.50. The molecule has 0 bridgehead atoms. The molecule has 1 aliphatic heterocycles. The van der Waals surface area contributed by atoms with Gasteiger partial charge in [0.2, 0.25) is 0 Å². The molecule has 31 heavy (non-hydrogen) atoms. The van der Waals surface area contributed by atoms with Crippen LogP contribution in [-0.4, -0.2) is 42.2 Å². The summed E-state index contributed by atoms with van der Waals surface area (Å²) in [4.78, 5) is 25.8. The molecular formula is C23H21BrClNO5. The molecule has 2 heterocycles. The summed E-state index contributed by atoms with van der Waals surface area (Å²) in [6.45, 7) is 2.60. The highest BCUT2D eigenvalue weighted by Gasteiger charge is 2.27. The van der Waals surface area contributed by atoms with Gasteiger partial charge in [0, 0.05) is 23.6 Å². The first-order valence-electron chi connectivity index (χ1n) is 10.0. The van der Waals surface area contributed by atoms with Gasteiger partial charge in [0.05, 0.1) is 28.5 Å². The Kier molecular flexibility index (Phi) is 6.65. The molecule has 0 unspecified atom stereocenters. The predicted molar refractivity (Wildman–Crippen MR) is 123 cm³/mol. The van der Waals surface area contributed by atoms with Crippen molar-refractivity contribution in [3.05, 3.63) is 62.2 Å². The van der Waals surface area contributed by atoms with Crippen LogP contribution in [0.25, 0.3) is 22.3 Å². The molecule has 1 fully saturated rings. The van der Waals surface area contributed by atoms with Crippen molar-refractivity contribution in [2.75, 3.05) is 26.2 Å². The highest BCUT2D eigenvalue weighted by Crippen LogP contribution is 2.34. The number of aliphatic carboxylic acids is 1. The van der Waals surface area contributed by atoms with E-state index in [1.807, 2.05) is 18.2 Å². The zero-order chi connectivity index (χ0) is 22.0. The van der Waals surface area contributed by atoms with Gasteiger partial charge in [-0.25, -0.2) is 0 Å². The van der Waals surface area contributed by atoms with E-state index in [1.54, 1.807) is 18.2 Å². The maximum atomic E-state index is 12.6. The largest absolute Gasteiger partial charge is 0.493 e. The fraction of sp³-hybridized carbons (Fsp3) is 0.304. The van der Waals surface area contributed by atoms with E-state index >= 15 is 0 Å². The average molecular weight is 507 g/mol. The minimum Gasteiger partial charge on any atom is -0.493 e. The van der Waals surface area contributed by atoms with Crippen LogP contribution in [0.5, 0.6) is 5.75 Å². The van der Waals surface area contributed by atoms with Gasteiger partial charge in [0.25, 0.3) is 0 Å². The van der Waals surface area contributed by atoms with Crippen molar-refractivity contribution in [3.63, 3.8) is 0 Å². The summed E-state index contributed by atoms with van der Waals surface area (Å²) in [6, 6.07) is 12.1. The van der Waals surface area contributed by atoms with Crippen LogP contribution in [0.2, 0.25) is 5.02 Å². The van der Waals surface area contributed by atoms with Crippen LogP contribution in [0.4, 0.5) is 0 Å². The molecule has 162 valence electrons. The molecule has 1 aliphatic rings. The lowest BCUT2D eigenvalue weighted by atomic mass is 10.1. The van der Waals surface area contributed by atoms with Gasteiger partial charge in [-0.1, -0.05) is 33.6 Å². The minimum atomic E-state index is -0.727. The minimum absolute atomic E-state index is 0.172. The maximum absolute atomic E-state index is 12.6. The number of para-hydroxylation sites is 1. The molecule has 6 nitrogen and oxygen atoms in total. The van der Waals surface area contributed by atoms with Crippen LogP contribution in [0.1, 0.15) is 12.8 Å². The zero-order valence-electron chi connectivity index (χ0n) is 16.6. The van der Waals surface area contributed by atoms with Gasteiger partial charge in [-0.15, -0.1) is 0 Å². The highest BCUT2D eigenvalue weighted by molar-refractivity contribution is 9.10. The molecule has 1 N–H and O–H groups in total. The van der Waals surface area contributed by atoms with Crippen LogP contribution in [0, 0.1) is 5.92 Å². The number of nitrogens with zero attached hydrogens (tertiary/aromatic N) is 1. The molecule has 0 radical (unpaired) electrons. The van der Waals surface area contributed by atoms with E-state index in [0.717, 1.165) is 24.0 Å². The number of fused-ring (bicyclic) bond motifs is 1. The van der Waals surface area contributed by atoms with E-state index in [1.165, 1.54) is 6.07 Å². The van der Waals surface area contributed by atoms with Crippen molar-refractivity contribution in [2.24, 2.45) is 5.92 Å². The summed E-state index contributed by atoms with van der Waals surface area (Å²) in [5.41, 5.74) is 0.839. The Morgan fingerprint density at radius 3 is 2.90 bits per heavy atom. The number of rotatable bonds is 7. The Morgan fingerprint density at radius 2 is 2.13 bits per heavy atom. The number of hydrogen-bond acceptors (Lipinski definition) is 5. The fourth-order valence-corrected chi connectivity index (χ4v) is 4.36. The second-order valence-electron chi connectivity index (χ2n) is 7.56. The molecular weight excluding hydrogens is 486 g/mol. The van der Waals surface area contributed by atoms with E-state index in [0.29, 0.717) is 52.6 Å². The molecule has 0 aliphatic carbocycles. The van der Waals surface area contributed by atoms with Crippen molar-refractivity contribution >= 4 is 44.5 Å². The Labute approximate surface area is 192 Å². The zero-order valence-corrected chi connectivity index (χ0v) is 19.0. The number of ether oxygens (including phenoxy) is 1. The number of hydrogen-bond donors (Lipinski definition) is 1. The maximum Gasteiger partial charge on any atom is 0.307 e. The summed E-state index contributed by atoms with van der Waals surface area (Å²) in [5, 5.41) is 9.93. The lowest BCUT2D eigenvalue weighted by Crippen LogP contribution is -2.25. The van der Waals surface area contributed by atoms with Crippen LogP contribution in [0.3, 0.4) is 0 Å². The van der Waals surface area contributed by atoms with Gasteiger partial charge >= 0.3 is 5.97 Å². The first-order chi connectivity index (χ1) is 14.9. The van der Waals surface area contributed by atoms with Gasteiger partial charge in [0.15, 0.2) is 11.0 Å². The van der Waals surface area contributed by atoms with Crippen LogP contribution in [0.15, 0.2) is 56.1 Å². The Morgan fingerprint density at radius 1 is 1.29 bits per heavy atom. The Bertz CT molecular complexity index is 1180. The van der Waals surface area contributed by atoms with Gasteiger partial charge in [0.1, 0.15) is 11.5 Å². The number of benzene rings is 2. The van der Waals surface area contributed by atoms with Crippen molar-refractivity contribution in [3.8, 4) is 17.1 Å². The predicted octanol–water partition coefficient (Wildman–Crippen LogP) is 5.05. The van der Waals surface area contributed by atoms with Crippen LogP contribution < -0.4 is 10.2 Å². The SMILES string of the molecule is O=C(O)[C@@H]1CCN(CCCOc2cc(Br)ccc2-c2cc(=O)c3cccc(Cl)c3o2)C1. The smallest absolute Gasteiger partial charge is 0.307 e. The van der Waals surface area contributed by atoms with E-state index in [9.17, 15) is 9.59 Å². The standard InChI is InChI=1S/C23H21BrClNO5/c24-15-5-6-17(21-12-19(27)16-3-1-4-18(25)22(16)31-21)20(11-15)30-10-2-8-26-9-7-14(13-26)23(28)29/h1,3-6,11-12,14H,2,7-10,13H2,(H,28,29)/t14-/m1/s1. The molecule has 0 spiro atoms. The normalized spacial score (nSPS) is 16.6. The quantitative estimate of drug-likeness (QED) is 0.452. The summed E-state index contributed by atoms with van der Waals surface area (Å²) >= 11 is 9.70. The third kappa shape index (κ3) is 4.95. The first-order valence-corrected chi connectivity index (χ1v) is 11.2. The van der Waals surface area contributed by atoms with E-state index in [-0.39, 0.29) is 11.3 Å². The van der Waals surface area contributed by atoms with E-state index in [2.05, 4.69) is 20.8 Å². The molecule has 1 aromatic heterocycles. The first kappa shape index (κ1) is 21.9. The summed E-state index contributed by atoms with van der Waals surface area (Å²) in [7, 11) is 0. The van der Waals surface area contributed by atoms with Gasteiger partial charge in [-0.05, 0) is 49.7 Å². The lowest BCUT2D eigenvalue weighted by Gasteiger charge is -2.16. The Hall–Kier alpha value is -2.35. The molecule has 0 saturated carbocycles. The number of likely N-dealkylation sites (tertiary alicyclic amines) is 1. The molecule has 0 amide bonds. The number of halogens is 2. The molecule has 2 aromatic carbocycles. The van der Waals surface area contributed by atoms with E-state index < -0.39 is 5.97 Å². The molecule has 1 saturated heterocycles. The second-order valence-corrected chi connectivity index (χ2v) is 8.88. The van der Waals surface area contributed by atoms with Crippen LogP contribution in [-0.2, 0) is 4.79 Å². The van der Waals surface area contributed by atoms with Gasteiger partial charge < -0.3 is 19.2 Å². The number of carboxylic acid groups (broad SMARTS) is 1. The third-order valence-corrected chi connectivity index (χ3v) is 6.20. The van der Waals surface area contributed by atoms with Crippen molar-refractivity contribution in [1.82, 2.24) is 4.90 Å². The van der Waals surface area contributed by atoms with Gasteiger partial charge in [-0.2, -0.15) is 0 Å². The highest BCUT2D eigenvalue weighted by atomic mass is 79.9. The summed E-state index contributed by atoms with van der Waals surface area (Å²) < 4.78 is 12.8. The summed E-state index contributed by atoms with van der Waals surface area (Å²) in [5.74, 6) is -0.0274. The van der Waals surface area contributed by atoms with Crippen LogP contribution >= 0.6 is 27.5 Å². The molecule has 8 heteroatoms. The lowest BCUT2D eigenvalue weighted by molar-refractivity contribution is -0.141. The topological polar surface area (TPSA) is 80.0 Å². The average Bonchev–Trinajstić information content (AvgIpc) is 3.21. The number of carboxylic acids is 1. The van der Waals surface area contributed by atoms with Crippen molar-refractivity contribution in [1.29, 1.82) is 0 Å². The van der Waals surface area contributed by atoms with Gasteiger partial charge in [-0.3, -0.25) is 9.59 Å². The van der Waals surface area contributed by atoms with E-state index in [4.69, 9.17) is 25.9 Å². The second kappa shape index (κ2) is 9.42. The van der Waals surface area contributed by atoms with Crippen molar-refractivity contribution < 1.29 is 19.1 Å². The fourth-order valence-electron chi connectivity index (χ4n) is 3.80.